The number of phenols is 1. The maximum atomic E-state index is 12.3. The molecule has 0 aliphatic heterocycles. The van der Waals surface area contributed by atoms with Crippen LogP contribution in [0.25, 0.3) is 0 Å². The number of hydrogen-bond donors (Lipinski definition) is 1. The van der Waals surface area contributed by atoms with E-state index in [1.54, 1.807) is 0 Å². The van der Waals surface area contributed by atoms with Crippen LogP contribution in [0.1, 0.15) is 63.0 Å². The minimum Gasteiger partial charge on any atom is -0.550 e. The Morgan fingerprint density at radius 3 is 2.67 bits per heavy atom. The zero-order valence-electron chi connectivity index (χ0n) is 14.4. The van der Waals surface area contributed by atoms with Gasteiger partial charge in [-0.25, -0.2) is 0 Å². The monoisotopic (exact) mass is 329 g/mol. The average molecular weight is 329 g/mol. The van der Waals surface area contributed by atoms with E-state index in [0.29, 0.717) is 29.3 Å². The molecule has 0 spiro atoms. The normalized spacial score (nSPS) is 33.6. The van der Waals surface area contributed by atoms with Crippen LogP contribution in [0.4, 0.5) is 0 Å². The SMILES string of the molecule is CC(=O)[O-].C[C@]12CC[C@@H]3c4ccc(O)cc4CC[C@H]3[C@@H]1CCC2=O. The summed E-state index contributed by atoms with van der Waals surface area (Å²) in [5.74, 6) is 1.70. The fourth-order valence-electron chi connectivity index (χ4n) is 5.34. The number of aromatic hydroxyl groups is 1. The van der Waals surface area contributed by atoms with Gasteiger partial charge < -0.3 is 15.0 Å². The van der Waals surface area contributed by atoms with Crippen LogP contribution in [0.2, 0.25) is 0 Å². The lowest BCUT2D eigenvalue weighted by atomic mass is 9.55. The Bertz CT molecular complexity index is 662. The molecule has 4 heteroatoms. The molecule has 0 amide bonds. The molecule has 3 aliphatic rings. The number of fused-ring (bicyclic) bond motifs is 5. The first-order valence-electron chi connectivity index (χ1n) is 8.85. The van der Waals surface area contributed by atoms with Crippen molar-refractivity contribution in [2.75, 3.05) is 0 Å². The number of hydrogen-bond acceptors (Lipinski definition) is 4. The third kappa shape index (κ3) is 2.83. The van der Waals surface area contributed by atoms with Gasteiger partial charge in [-0.2, -0.15) is 0 Å². The summed E-state index contributed by atoms with van der Waals surface area (Å²) in [5.41, 5.74) is 2.75. The molecule has 0 bridgehead atoms. The molecule has 130 valence electrons. The lowest BCUT2D eigenvalue weighted by Crippen LogP contribution is -2.42. The maximum absolute atomic E-state index is 12.3. The van der Waals surface area contributed by atoms with Crippen molar-refractivity contribution >= 4 is 11.8 Å². The van der Waals surface area contributed by atoms with Crippen LogP contribution >= 0.6 is 0 Å². The molecule has 24 heavy (non-hydrogen) atoms. The second kappa shape index (κ2) is 6.23. The highest BCUT2D eigenvalue weighted by Gasteiger charge is 2.54. The second-order valence-electron chi connectivity index (χ2n) is 7.71. The van der Waals surface area contributed by atoms with E-state index in [-0.39, 0.29) is 5.41 Å². The van der Waals surface area contributed by atoms with Crippen molar-refractivity contribution in [3.63, 3.8) is 0 Å². The summed E-state index contributed by atoms with van der Waals surface area (Å²) >= 11 is 0. The predicted octanol–water partition coefficient (Wildman–Crippen LogP) is 2.57. The number of aliphatic carboxylic acids is 1. The maximum Gasteiger partial charge on any atom is 0.139 e. The smallest absolute Gasteiger partial charge is 0.139 e. The topological polar surface area (TPSA) is 77.4 Å². The van der Waals surface area contributed by atoms with Gasteiger partial charge in [0.25, 0.3) is 0 Å². The minimum absolute atomic E-state index is 0.0322. The fourth-order valence-corrected chi connectivity index (χ4v) is 5.34. The van der Waals surface area contributed by atoms with Crippen molar-refractivity contribution < 1.29 is 19.8 Å². The number of carboxylic acid groups (broad SMARTS) is 1. The van der Waals surface area contributed by atoms with Crippen LogP contribution in [0.5, 0.6) is 5.75 Å². The molecule has 2 saturated carbocycles. The van der Waals surface area contributed by atoms with Gasteiger partial charge >= 0.3 is 0 Å². The number of rotatable bonds is 0. The molecule has 2 fully saturated rings. The third-order valence-corrected chi connectivity index (χ3v) is 6.42. The highest BCUT2D eigenvalue weighted by molar-refractivity contribution is 5.87. The molecule has 1 N–H and O–H groups in total. The minimum atomic E-state index is -1.08. The summed E-state index contributed by atoms with van der Waals surface area (Å²) in [7, 11) is 0. The van der Waals surface area contributed by atoms with Gasteiger partial charge in [0.2, 0.25) is 0 Å². The summed E-state index contributed by atoms with van der Waals surface area (Å²) < 4.78 is 0. The highest BCUT2D eigenvalue weighted by atomic mass is 16.4. The van der Waals surface area contributed by atoms with E-state index in [0.717, 1.165) is 39.0 Å². The summed E-state index contributed by atoms with van der Waals surface area (Å²) in [6, 6.07) is 5.90. The van der Waals surface area contributed by atoms with Crippen LogP contribution in [0, 0.1) is 17.3 Å². The molecular formula is C20H25O4-. The van der Waals surface area contributed by atoms with Gasteiger partial charge in [0.05, 0.1) is 0 Å². The van der Waals surface area contributed by atoms with Gasteiger partial charge in [0.1, 0.15) is 11.5 Å². The first-order chi connectivity index (χ1) is 11.3. The number of carbonyl (C=O) groups is 2. The molecule has 0 saturated heterocycles. The molecule has 1 aromatic carbocycles. The molecule has 1 aromatic rings. The highest BCUT2D eigenvalue weighted by Crippen LogP contribution is 2.59. The van der Waals surface area contributed by atoms with E-state index in [2.05, 4.69) is 13.0 Å². The summed E-state index contributed by atoms with van der Waals surface area (Å²) in [6.07, 6.45) is 6.34. The summed E-state index contributed by atoms with van der Waals surface area (Å²) in [4.78, 5) is 21.2. The van der Waals surface area contributed by atoms with Crippen LogP contribution in [0.15, 0.2) is 18.2 Å². The fraction of sp³-hybridized carbons (Fsp3) is 0.600. The van der Waals surface area contributed by atoms with Crippen LogP contribution in [-0.4, -0.2) is 16.9 Å². The van der Waals surface area contributed by atoms with E-state index in [1.807, 2.05) is 12.1 Å². The van der Waals surface area contributed by atoms with E-state index in [9.17, 15) is 9.90 Å². The first kappa shape index (κ1) is 17.0. The van der Waals surface area contributed by atoms with Crippen molar-refractivity contribution in [2.24, 2.45) is 17.3 Å². The Kier molecular flexibility index (Phi) is 4.41. The Balaban J connectivity index is 0.000000383. The molecular weight excluding hydrogens is 304 g/mol. The molecule has 0 aromatic heterocycles. The Morgan fingerprint density at radius 2 is 1.96 bits per heavy atom. The molecule has 3 aliphatic carbocycles. The van der Waals surface area contributed by atoms with E-state index in [4.69, 9.17) is 9.90 Å². The summed E-state index contributed by atoms with van der Waals surface area (Å²) in [6.45, 7) is 3.19. The van der Waals surface area contributed by atoms with Crippen LogP contribution in [0.3, 0.4) is 0 Å². The second-order valence-corrected chi connectivity index (χ2v) is 7.71. The van der Waals surface area contributed by atoms with Gasteiger partial charge in [-0.3, -0.25) is 4.79 Å². The number of carbonyl (C=O) groups excluding carboxylic acids is 2. The Hall–Kier alpha value is -1.84. The predicted molar refractivity (Wildman–Crippen MR) is 88.4 cm³/mol. The average Bonchev–Trinajstić information content (AvgIpc) is 2.82. The van der Waals surface area contributed by atoms with Crippen LogP contribution in [-0.2, 0) is 16.0 Å². The first-order valence-corrected chi connectivity index (χ1v) is 8.85. The van der Waals surface area contributed by atoms with Gasteiger partial charge in [-0.15, -0.1) is 0 Å². The van der Waals surface area contributed by atoms with Crippen molar-refractivity contribution in [3.05, 3.63) is 29.3 Å². The summed E-state index contributed by atoms with van der Waals surface area (Å²) in [5, 5.41) is 18.6. The molecule has 4 atom stereocenters. The van der Waals surface area contributed by atoms with Crippen LogP contribution < -0.4 is 5.11 Å². The molecule has 4 rings (SSSR count). The number of aryl methyl sites for hydroxylation is 1. The van der Waals surface area contributed by atoms with Gasteiger partial charge in [-0.1, -0.05) is 13.0 Å². The quantitative estimate of drug-likeness (QED) is 0.793. The zero-order chi connectivity index (χ0) is 17.5. The van der Waals surface area contributed by atoms with Crippen molar-refractivity contribution in [3.8, 4) is 5.75 Å². The lowest BCUT2D eigenvalue weighted by Gasteiger charge is -2.48. The lowest BCUT2D eigenvalue weighted by molar-refractivity contribution is -0.302. The van der Waals surface area contributed by atoms with Gasteiger partial charge in [-0.05, 0) is 80.0 Å². The molecule has 4 nitrogen and oxygen atoms in total. The zero-order valence-corrected chi connectivity index (χ0v) is 14.4. The standard InChI is InChI=1S/C18H22O2.C2H4O2/c1-18-9-8-14-13-5-3-12(19)10-11(13)2-4-15(14)16(18)6-7-17(18)20;1-2(3)4/h3,5,10,14-16,19H,2,4,6-9H2,1H3;1H3,(H,3,4)/p-1/t14-,15-,16+,18+;/m1./s1. The number of benzene rings is 1. The third-order valence-electron chi connectivity index (χ3n) is 6.42. The Labute approximate surface area is 142 Å². The Morgan fingerprint density at radius 1 is 1.25 bits per heavy atom. The van der Waals surface area contributed by atoms with E-state index in [1.165, 1.54) is 17.5 Å². The molecule has 0 heterocycles. The van der Waals surface area contributed by atoms with E-state index >= 15 is 0 Å². The molecule has 0 radical (unpaired) electrons. The van der Waals surface area contributed by atoms with Crippen molar-refractivity contribution in [1.82, 2.24) is 0 Å². The number of Topliss-reactive ketones (excluding diaryl/α,β-unsaturated/α-hetero) is 1. The van der Waals surface area contributed by atoms with Crippen molar-refractivity contribution in [2.45, 2.75) is 58.3 Å². The van der Waals surface area contributed by atoms with E-state index < -0.39 is 5.97 Å². The number of ketones is 1. The number of phenolic OH excluding ortho intramolecular Hbond substituents is 1. The number of carboxylic acids is 1. The van der Waals surface area contributed by atoms with Gasteiger partial charge in [0, 0.05) is 17.8 Å². The van der Waals surface area contributed by atoms with Gasteiger partial charge in [0.15, 0.2) is 0 Å². The largest absolute Gasteiger partial charge is 0.550 e. The van der Waals surface area contributed by atoms with Crippen molar-refractivity contribution in [1.29, 1.82) is 0 Å². The molecule has 0 unspecified atom stereocenters.